The fourth-order valence-electron chi connectivity index (χ4n) is 10.9. The lowest BCUT2D eigenvalue weighted by atomic mass is 10.0. The molecule has 0 aliphatic heterocycles. The first kappa shape index (κ1) is 93.6. The van der Waals surface area contributed by atoms with Crippen molar-refractivity contribution in [2.75, 3.05) is 47.5 Å². The summed E-state index contributed by atoms with van der Waals surface area (Å²) in [7, 11) is 5.93. The molecule has 0 heterocycles. The molecule has 0 rings (SSSR count). The van der Waals surface area contributed by atoms with Crippen LogP contribution in [0.5, 0.6) is 0 Å². The van der Waals surface area contributed by atoms with E-state index in [0.717, 1.165) is 128 Å². The van der Waals surface area contributed by atoms with Crippen LogP contribution >= 0.6 is 0 Å². The Morgan fingerprint density at radius 1 is 0.303 bits per heavy atom. The van der Waals surface area contributed by atoms with Gasteiger partial charge in [0.2, 0.25) is 0 Å². The van der Waals surface area contributed by atoms with Gasteiger partial charge < -0.3 is 33.3 Å². The highest BCUT2D eigenvalue weighted by molar-refractivity contribution is 5.70. The monoisotopic (exact) mass is 1370 g/mol. The van der Waals surface area contributed by atoms with Gasteiger partial charge in [-0.2, -0.15) is 0 Å². The number of likely N-dealkylation sites (N-methyl/N-ethyl adjacent to an activating group) is 1. The molecule has 0 radical (unpaired) electrons. The largest absolute Gasteiger partial charge is 0.545 e. The highest BCUT2D eigenvalue weighted by Gasteiger charge is 2.22. The molecular weight excluding hydrogens is 1220 g/mol. The SMILES string of the molecule is CC/C=C\C/C=C\C/C=C\C/C=C\C/C=C\C/C=C\C/C=C\CCCCCCCCCCCCCCCCCC(=O)OCC(COC(OCC[N+](C)(C)C)C(=O)[O-])OC(=O)CCCCCCCCCCCCCCCCC/C=C\C/C=C\C/C=C\C/C=C\C/C=C\C/C=C\C/C=C\CC. The molecule has 0 amide bonds. The number of allylic oxidation sites excluding steroid dienone is 28. The van der Waals surface area contributed by atoms with Gasteiger partial charge in [-0.15, -0.1) is 0 Å². The normalized spacial score (nSPS) is 13.6. The van der Waals surface area contributed by atoms with Crippen molar-refractivity contribution in [3.8, 4) is 0 Å². The van der Waals surface area contributed by atoms with Crippen LogP contribution < -0.4 is 5.11 Å². The third kappa shape index (κ3) is 79.8. The van der Waals surface area contributed by atoms with E-state index in [-0.39, 0.29) is 38.6 Å². The number of hydrogen-bond acceptors (Lipinski definition) is 8. The summed E-state index contributed by atoms with van der Waals surface area (Å²) in [5.41, 5.74) is 0. The molecular formula is C90H149NO8. The van der Waals surface area contributed by atoms with Crippen molar-refractivity contribution in [1.82, 2.24) is 0 Å². The number of unbranched alkanes of at least 4 members (excludes halogenated alkanes) is 30. The number of carboxylic acid groups (broad SMARTS) is 1. The van der Waals surface area contributed by atoms with Gasteiger partial charge in [-0.3, -0.25) is 9.59 Å². The Morgan fingerprint density at radius 2 is 0.545 bits per heavy atom. The van der Waals surface area contributed by atoms with E-state index in [1.165, 1.54) is 161 Å². The van der Waals surface area contributed by atoms with Gasteiger partial charge in [0.25, 0.3) is 0 Å². The van der Waals surface area contributed by atoms with E-state index in [1.807, 2.05) is 21.1 Å². The zero-order chi connectivity index (χ0) is 71.8. The summed E-state index contributed by atoms with van der Waals surface area (Å²) in [4.78, 5) is 37.6. The number of rotatable bonds is 73. The van der Waals surface area contributed by atoms with E-state index < -0.39 is 24.3 Å². The van der Waals surface area contributed by atoms with E-state index in [0.29, 0.717) is 17.4 Å². The van der Waals surface area contributed by atoms with Gasteiger partial charge in [0.05, 0.1) is 40.3 Å². The Kier molecular flexibility index (Phi) is 74.1. The number of carbonyl (C=O) groups excluding carboxylic acids is 3. The van der Waals surface area contributed by atoms with Gasteiger partial charge in [0.1, 0.15) is 13.2 Å². The second kappa shape index (κ2) is 78.4. The average molecular weight is 1370 g/mol. The third-order valence-electron chi connectivity index (χ3n) is 17.0. The van der Waals surface area contributed by atoms with E-state index in [1.54, 1.807) is 0 Å². The number of nitrogens with zero attached hydrogens (tertiary/aromatic N) is 1. The summed E-state index contributed by atoms with van der Waals surface area (Å²) >= 11 is 0. The van der Waals surface area contributed by atoms with Crippen molar-refractivity contribution >= 4 is 17.9 Å². The van der Waals surface area contributed by atoms with E-state index >= 15 is 0 Å². The van der Waals surface area contributed by atoms with Crippen LogP contribution in [0.1, 0.15) is 322 Å². The van der Waals surface area contributed by atoms with Crippen molar-refractivity contribution in [2.45, 2.75) is 334 Å². The smallest absolute Gasteiger partial charge is 0.306 e. The highest BCUT2D eigenvalue weighted by atomic mass is 16.7. The predicted molar refractivity (Wildman–Crippen MR) is 425 cm³/mol. The Balaban J connectivity index is 4.06. The molecule has 9 nitrogen and oxygen atoms in total. The van der Waals surface area contributed by atoms with E-state index in [2.05, 4.69) is 184 Å². The number of esters is 2. The predicted octanol–water partition coefficient (Wildman–Crippen LogP) is 24.8. The molecule has 0 spiro atoms. The molecule has 0 N–H and O–H groups in total. The molecule has 9 heteroatoms. The summed E-state index contributed by atoms with van der Waals surface area (Å²) in [6, 6.07) is 0. The third-order valence-corrected chi connectivity index (χ3v) is 17.0. The molecule has 0 aromatic carbocycles. The second-order valence-electron chi connectivity index (χ2n) is 27.6. The highest BCUT2D eigenvalue weighted by Crippen LogP contribution is 2.18. The number of quaternary nitrogens is 1. The molecule has 0 aromatic rings. The van der Waals surface area contributed by atoms with Crippen LogP contribution in [0.2, 0.25) is 0 Å². The summed E-state index contributed by atoms with van der Waals surface area (Å²) in [6.07, 6.45) is 115. The van der Waals surface area contributed by atoms with Crippen LogP contribution in [-0.4, -0.2) is 82.3 Å². The standard InChI is InChI=1S/C90H149NO8/c1-6-8-10-12-14-16-18-20-22-24-26-28-30-32-34-36-38-40-42-44-46-48-50-52-54-56-58-60-62-64-66-68-70-72-74-76-78-80-87(92)97-84-86(85-98-90(89(94)95)96-83-82-91(3,4)5)99-88(93)81-79-77-75-73-71-69-67-65-63-61-59-57-55-53-51-49-47-45-43-41-39-37-35-33-31-29-27-25-23-21-19-17-15-13-11-9-7-2/h8-11,14-17,20-23,26-29,32-35,38-41,44-47,86,90H,6-7,12-13,18-19,24-25,30-31,36-37,42-43,48-85H2,1-5H3/b10-8-,11-9-,16-14-,17-15-,22-20-,23-21-,28-26-,29-27-,34-32-,35-33-,40-38-,41-39-,46-44-,47-45-. The van der Waals surface area contributed by atoms with Crippen molar-refractivity contribution in [3.63, 3.8) is 0 Å². The van der Waals surface area contributed by atoms with E-state index in [4.69, 9.17) is 18.9 Å². The van der Waals surface area contributed by atoms with Crippen molar-refractivity contribution in [1.29, 1.82) is 0 Å². The minimum absolute atomic E-state index is 0.142. The molecule has 0 bridgehead atoms. The number of ether oxygens (including phenoxy) is 4. The van der Waals surface area contributed by atoms with Crippen molar-refractivity contribution in [2.24, 2.45) is 0 Å². The maximum Gasteiger partial charge on any atom is 0.306 e. The minimum Gasteiger partial charge on any atom is -0.545 e. The van der Waals surface area contributed by atoms with Gasteiger partial charge in [0, 0.05) is 12.8 Å². The summed E-state index contributed by atoms with van der Waals surface area (Å²) in [5, 5.41) is 11.9. The second-order valence-corrected chi connectivity index (χ2v) is 27.6. The quantitative estimate of drug-likeness (QED) is 0.0195. The lowest BCUT2D eigenvalue weighted by molar-refractivity contribution is -0.870. The summed E-state index contributed by atoms with van der Waals surface area (Å²) in [6.45, 7) is 4.53. The van der Waals surface area contributed by atoms with Crippen molar-refractivity contribution < 1.29 is 42.9 Å². The number of hydrogen-bond donors (Lipinski definition) is 0. The molecule has 0 aliphatic carbocycles. The Bertz CT molecular complexity index is 2240. The zero-order valence-corrected chi connectivity index (χ0v) is 64.3. The van der Waals surface area contributed by atoms with Gasteiger partial charge in [-0.25, -0.2) is 0 Å². The first-order valence-electron chi connectivity index (χ1n) is 40.3. The Labute approximate surface area is 609 Å². The van der Waals surface area contributed by atoms with Crippen LogP contribution in [0.3, 0.4) is 0 Å². The number of carbonyl (C=O) groups is 3. The Hall–Kier alpha value is -5.35. The molecule has 99 heavy (non-hydrogen) atoms. The topological polar surface area (TPSA) is 111 Å². The molecule has 562 valence electrons. The van der Waals surface area contributed by atoms with Crippen molar-refractivity contribution in [3.05, 3.63) is 170 Å². The fourth-order valence-corrected chi connectivity index (χ4v) is 10.9. The van der Waals surface area contributed by atoms with Gasteiger partial charge >= 0.3 is 11.9 Å². The average Bonchev–Trinajstić information content (AvgIpc) is 1.41. The molecule has 0 saturated carbocycles. The van der Waals surface area contributed by atoms with Crippen LogP contribution in [0.15, 0.2) is 170 Å². The molecule has 0 aliphatic rings. The number of aliphatic carboxylic acids is 1. The molecule has 0 saturated heterocycles. The van der Waals surface area contributed by atoms with E-state index in [9.17, 15) is 19.5 Å². The Morgan fingerprint density at radius 3 is 0.808 bits per heavy atom. The molecule has 2 unspecified atom stereocenters. The summed E-state index contributed by atoms with van der Waals surface area (Å²) < 4.78 is 22.9. The molecule has 2 atom stereocenters. The van der Waals surface area contributed by atoms with Gasteiger partial charge in [-0.1, -0.05) is 351 Å². The first-order valence-corrected chi connectivity index (χ1v) is 40.3. The van der Waals surface area contributed by atoms with Gasteiger partial charge in [0.15, 0.2) is 12.4 Å². The maximum absolute atomic E-state index is 13.0. The van der Waals surface area contributed by atoms with Crippen LogP contribution in [-0.2, 0) is 33.3 Å². The molecule has 0 aromatic heterocycles. The van der Waals surface area contributed by atoms with Crippen LogP contribution in [0.25, 0.3) is 0 Å². The number of carboxylic acids is 1. The van der Waals surface area contributed by atoms with Crippen LogP contribution in [0, 0.1) is 0 Å². The minimum atomic E-state index is -1.63. The lowest BCUT2D eigenvalue weighted by Gasteiger charge is -2.26. The molecule has 0 fully saturated rings. The maximum atomic E-state index is 13.0. The summed E-state index contributed by atoms with van der Waals surface area (Å²) in [5.74, 6) is -2.28. The van der Waals surface area contributed by atoms with Gasteiger partial charge in [-0.05, 0) is 128 Å². The fraction of sp³-hybridized carbons (Fsp3) is 0.656. The zero-order valence-electron chi connectivity index (χ0n) is 64.3. The lowest BCUT2D eigenvalue weighted by Crippen LogP contribution is -2.44. The first-order chi connectivity index (χ1) is 48.6. The van der Waals surface area contributed by atoms with Crippen LogP contribution in [0.4, 0.5) is 0 Å².